The van der Waals surface area contributed by atoms with E-state index in [4.69, 9.17) is 9.47 Å². The lowest BCUT2D eigenvalue weighted by molar-refractivity contribution is -0.145. The molecule has 0 radical (unpaired) electrons. The van der Waals surface area contributed by atoms with Crippen molar-refractivity contribution in [3.63, 3.8) is 0 Å². The van der Waals surface area contributed by atoms with E-state index in [1.807, 2.05) is 18.4 Å². The lowest BCUT2D eigenvalue weighted by Crippen LogP contribution is -2.42. The number of carbonyl (C=O) groups is 2. The summed E-state index contributed by atoms with van der Waals surface area (Å²) in [5, 5.41) is 5.23. The zero-order valence-electron chi connectivity index (χ0n) is 21.9. The average Bonchev–Trinajstić information content (AvgIpc) is 2.88. The number of methoxy groups -OCH3 is 1. The van der Waals surface area contributed by atoms with E-state index >= 15 is 0 Å². The van der Waals surface area contributed by atoms with Gasteiger partial charge in [0.15, 0.2) is 0 Å². The maximum atomic E-state index is 12.8. The van der Waals surface area contributed by atoms with E-state index in [0.717, 1.165) is 33.8 Å². The molecule has 1 unspecified atom stereocenters. The Labute approximate surface area is 218 Å². The molecule has 0 heterocycles. The number of fused-ring (bicyclic) bond motifs is 1. The van der Waals surface area contributed by atoms with Crippen molar-refractivity contribution in [3.05, 3.63) is 76.3 Å². The molecule has 1 atom stereocenters. The number of amides is 1. The Kier molecular flexibility index (Phi) is 9.59. The number of thioether (sulfide) groups is 1. The number of allylic oxidation sites excluding steroid dienone is 1. The Hall–Kier alpha value is -3.25. The highest BCUT2D eigenvalue weighted by molar-refractivity contribution is 7.98. The second kappa shape index (κ2) is 12.6. The number of ether oxygens (including phenoxy) is 2. The molecule has 0 aliphatic rings. The Bertz CT molecular complexity index is 1260. The number of aryl methyl sites for hydroxylation is 2. The van der Waals surface area contributed by atoms with Crippen LogP contribution in [0.2, 0.25) is 0 Å². The summed E-state index contributed by atoms with van der Waals surface area (Å²) in [5.74, 6) is 0.988. The van der Waals surface area contributed by atoms with E-state index in [-0.39, 0.29) is 12.5 Å². The molecule has 0 spiro atoms. The van der Waals surface area contributed by atoms with Crippen LogP contribution in [0, 0.1) is 13.8 Å². The van der Waals surface area contributed by atoms with Gasteiger partial charge in [-0.2, -0.15) is 11.8 Å². The second-order valence-corrected chi connectivity index (χ2v) is 9.78. The van der Waals surface area contributed by atoms with Crippen LogP contribution in [0.4, 0.5) is 0 Å². The van der Waals surface area contributed by atoms with Crippen LogP contribution < -0.4 is 10.1 Å². The van der Waals surface area contributed by atoms with Crippen molar-refractivity contribution < 1.29 is 19.1 Å². The van der Waals surface area contributed by atoms with Gasteiger partial charge < -0.3 is 14.8 Å². The average molecular weight is 506 g/mol. The maximum absolute atomic E-state index is 12.8. The van der Waals surface area contributed by atoms with Crippen molar-refractivity contribution in [2.75, 3.05) is 25.7 Å². The number of benzene rings is 3. The van der Waals surface area contributed by atoms with E-state index < -0.39 is 12.0 Å². The van der Waals surface area contributed by atoms with E-state index in [0.29, 0.717) is 12.0 Å². The van der Waals surface area contributed by atoms with Crippen molar-refractivity contribution in [3.8, 4) is 5.75 Å². The summed E-state index contributed by atoms with van der Waals surface area (Å²) in [5.41, 5.74) is 6.09. The van der Waals surface area contributed by atoms with Crippen LogP contribution in [-0.4, -0.2) is 43.6 Å². The van der Waals surface area contributed by atoms with Gasteiger partial charge in [-0.25, -0.2) is 4.79 Å². The van der Waals surface area contributed by atoms with E-state index in [1.165, 1.54) is 16.3 Å². The first-order valence-electron chi connectivity index (χ1n) is 12.1. The van der Waals surface area contributed by atoms with Crippen LogP contribution in [0.25, 0.3) is 22.4 Å². The highest BCUT2D eigenvalue weighted by atomic mass is 32.2. The van der Waals surface area contributed by atoms with Crippen LogP contribution in [0.3, 0.4) is 0 Å². The highest BCUT2D eigenvalue weighted by Crippen LogP contribution is 2.32. The summed E-state index contributed by atoms with van der Waals surface area (Å²) in [6, 6.07) is 15.3. The zero-order valence-corrected chi connectivity index (χ0v) is 22.8. The number of nitrogens with one attached hydrogen (secondary N) is 1. The fourth-order valence-corrected chi connectivity index (χ4v) is 4.67. The Morgan fingerprint density at radius 2 is 1.72 bits per heavy atom. The lowest BCUT2D eigenvalue weighted by Gasteiger charge is -2.17. The molecule has 5 nitrogen and oxygen atoms in total. The molecular formula is C30H35NO4S. The monoisotopic (exact) mass is 505 g/mol. The first kappa shape index (κ1) is 27.3. The smallest absolute Gasteiger partial charge is 0.328 e. The van der Waals surface area contributed by atoms with Crippen LogP contribution in [0.15, 0.2) is 48.5 Å². The van der Waals surface area contributed by atoms with Crippen molar-refractivity contribution >= 4 is 46.1 Å². The fourth-order valence-electron chi connectivity index (χ4n) is 4.20. The van der Waals surface area contributed by atoms with Crippen LogP contribution in [-0.2, 0) is 9.53 Å². The highest BCUT2D eigenvalue weighted by Gasteiger charge is 2.22. The molecule has 3 aromatic rings. The number of esters is 1. The molecule has 0 aromatic heterocycles. The Balaban J connectivity index is 1.78. The molecule has 0 aliphatic heterocycles. The number of rotatable bonds is 10. The van der Waals surface area contributed by atoms with Gasteiger partial charge in [-0.05, 0) is 109 Å². The van der Waals surface area contributed by atoms with Crippen molar-refractivity contribution in [1.82, 2.24) is 5.32 Å². The van der Waals surface area contributed by atoms with E-state index in [9.17, 15) is 9.59 Å². The molecule has 190 valence electrons. The molecule has 0 saturated heterocycles. The third kappa shape index (κ3) is 6.49. The topological polar surface area (TPSA) is 64.6 Å². The minimum absolute atomic E-state index is 0.280. The molecule has 1 N–H and O–H groups in total. The molecule has 0 bridgehead atoms. The number of carbonyl (C=O) groups excluding carboxylic acids is 2. The van der Waals surface area contributed by atoms with Gasteiger partial charge in [0.25, 0.3) is 5.91 Å². The SMILES string of the molecule is CCOC(=O)C(CCSC)NC(=O)c1ccc(C=C(C)c2ccc3c(C)c(OC)cc(C)c3c2)cc1. The molecule has 6 heteroatoms. The third-order valence-electron chi connectivity index (χ3n) is 6.28. The Morgan fingerprint density at radius 1 is 1.03 bits per heavy atom. The normalized spacial score (nSPS) is 12.3. The molecule has 3 rings (SSSR count). The molecule has 36 heavy (non-hydrogen) atoms. The first-order chi connectivity index (χ1) is 17.3. The van der Waals surface area contributed by atoms with Crippen molar-refractivity contribution in [2.24, 2.45) is 0 Å². The van der Waals surface area contributed by atoms with Gasteiger partial charge in [0.1, 0.15) is 11.8 Å². The molecule has 0 fully saturated rings. The van der Waals surface area contributed by atoms with Crippen molar-refractivity contribution in [1.29, 1.82) is 0 Å². The quantitative estimate of drug-likeness (QED) is 0.254. The molecule has 0 aliphatic carbocycles. The summed E-state index contributed by atoms with van der Waals surface area (Å²) in [4.78, 5) is 25.0. The van der Waals surface area contributed by atoms with Gasteiger partial charge >= 0.3 is 5.97 Å². The molecule has 1 amide bonds. The van der Waals surface area contributed by atoms with Crippen LogP contribution in [0.1, 0.15) is 52.9 Å². The summed E-state index contributed by atoms with van der Waals surface area (Å²) in [6.45, 7) is 8.32. The zero-order chi connectivity index (χ0) is 26.2. The fraction of sp³-hybridized carbons (Fsp3) is 0.333. The minimum atomic E-state index is -0.647. The van der Waals surface area contributed by atoms with Gasteiger partial charge in [0, 0.05) is 5.56 Å². The van der Waals surface area contributed by atoms with E-state index in [1.54, 1.807) is 37.9 Å². The van der Waals surface area contributed by atoms with Gasteiger partial charge in [-0.15, -0.1) is 0 Å². The van der Waals surface area contributed by atoms with Crippen LogP contribution >= 0.6 is 11.8 Å². The van der Waals surface area contributed by atoms with Gasteiger partial charge in [-0.1, -0.05) is 30.3 Å². The molecule has 3 aromatic carbocycles. The lowest BCUT2D eigenvalue weighted by atomic mass is 9.95. The standard InChI is InChI=1S/C30H35NO4S/c1-7-35-30(33)27(14-15-36-6)31-29(32)23-10-8-22(9-11-23)16-19(2)24-12-13-25-21(4)28(34-5)17-20(3)26(25)18-24/h8-13,16-18,27H,7,14-15H2,1-6H3,(H,31,32). The summed E-state index contributed by atoms with van der Waals surface area (Å²) in [6.07, 6.45) is 4.60. The summed E-state index contributed by atoms with van der Waals surface area (Å²) in [7, 11) is 1.70. The predicted molar refractivity (Wildman–Crippen MR) is 151 cm³/mol. The first-order valence-corrected chi connectivity index (χ1v) is 13.5. The maximum Gasteiger partial charge on any atom is 0.328 e. The van der Waals surface area contributed by atoms with Gasteiger partial charge in [-0.3, -0.25) is 4.79 Å². The number of hydrogen-bond donors (Lipinski definition) is 1. The summed E-state index contributed by atoms with van der Waals surface area (Å²) >= 11 is 1.63. The van der Waals surface area contributed by atoms with Crippen LogP contribution in [0.5, 0.6) is 5.75 Å². The predicted octanol–water partition coefficient (Wildman–Crippen LogP) is 6.44. The van der Waals surface area contributed by atoms with Gasteiger partial charge in [0.2, 0.25) is 0 Å². The summed E-state index contributed by atoms with van der Waals surface area (Å²) < 4.78 is 10.6. The van der Waals surface area contributed by atoms with E-state index in [2.05, 4.69) is 56.4 Å². The minimum Gasteiger partial charge on any atom is -0.496 e. The molecular weight excluding hydrogens is 470 g/mol. The largest absolute Gasteiger partial charge is 0.496 e. The number of hydrogen-bond acceptors (Lipinski definition) is 5. The van der Waals surface area contributed by atoms with Crippen molar-refractivity contribution in [2.45, 2.75) is 40.2 Å². The Morgan fingerprint density at radius 3 is 2.36 bits per heavy atom. The van der Waals surface area contributed by atoms with Gasteiger partial charge in [0.05, 0.1) is 13.7 Å². The second-order valence-electron chi connectivity index (χ2n) is 8.79. The molecule has 0 saturated carbocycles. The third-order valence-corrected chi connectivity index (χ3v) is 6.93.